The summed E-state index contributed by atoms with van der Waals surface area (Å²) in [6, 6.07) is 21.7. The van der Waals surface area contributed by atoms with Crippen LogP contribution in [0.5, 0.6) is 0 Å². The van der Waals surface area contributed by atoms with Gasteiger partial charge >= 0.3 is 6.09 Å². The Hall–Kier alpha value is -2.51. The van der Waals surface area contributed by atoms with E-state index in [2.05, 4.69) is 72.5 Å². The van der Waals surface area contributed by atoms with E-state index < -0.39 is 6.09 Å². The van der Waals surface area contributed by atoms with Crippen molar-refractivity contribution in [1.82, 2.24) is 3.11 Å². The highest BCUT2D eigenvalue weighted by molar-refractivity contribution is 14.1. The summed E-state index contributed by atoms with van der Waals surface area (Å²) in [6.45, 7) is 4.39. The van der Waals surface area contributed by atoms with Crippen LogP contribution in [0.1, 0.15) is 44.2 Å². The van der Waals surface area contributed by atoms with Crippen molar-refractivity contribution in [3.63, 3.8) is 0 Å². The van der Waals surface area contributed by atoms with Crippen LogP contribution in [-0.4, -0.2) is 50.6 Å². The number of hydrogen-bond acceptors (Lipinski definition) is 6. The van der Waals surface area contributed by atoms with Gasteiger partial charge in [-0.05, 0) is 81.6 Å². The molecule has 0 radical (unpaired) electrons. The van der Waals surface area contributed by atoms with Crippen LogP contribution in [-0.2, 0) is 27.3 Å². The van der Waals surface area contributed by atoms with E-state index in [0.29, 0.717) is 36.7 Å². The van der Waals surface area contributed by atoms with Gasteiger partial charge in [0.1, 0.15) is 18.3 Å². The molecule has 5 atom stereocenters. The number of aryl methyl sites for hydroxylation is 1. The Morgan fingerprint density at radius 3 is 2.53 bits per heavy atom. The van der Waals surface area contributed by atoms with Gasteiger partial charge in [0, 0.05) is 39.3 Å². The number of piperidine rings is 1. The number of nitrogens with zero attached hydrogens (tertiary/aromatic N) is 1. The molecule has 6 rings (SSSR count). The third-order valence-corrected chi connectivity index (χ3v) is 10.6. The number of aliphatic hydroxyl groups is 1. The van der Waals surface area contributed by atoms with Crippen LogP contribution in [0.3, 0.4) is 0 Å². The third-order valence-electron chi connectivity index (χ3n) is 8.69. The molecule has 3 aliphatic heterocycles. The minimum Gasteiger partial charge on any atom is -0.444 e. The van der Waals surface area contributed by atoms with Gasteiger partial charge in [0.05, 0.1) is 30.1 Å². The van der Waals surface area contributed by atoms with E-state index in [1.807, 2.05) is 42.5 Å². The van der Waals surface area contributed by atoms with E-state index >= 15 is 0 Å². The Bertz CT molecular complexity index is 1520. The number of aliphatic hydroxyl groups excluding tert-OH is 1. The number of hydrogen-bond donors (Lipinski definition) is 3. The molecule has 5 unspecified atom stereocenters. The average Bonchev–Trinajstić information content (AvgIpc) is 3.68. The normalized spacial score (nSPS) is 25.1. The number of epoxide rings is 1. The van der Waals surface area contributed by atoms with Crippen molar-refractivity contribution in [3.8, 4) is 11.1 Å². The molecular formula is C33H35BrIN3O5. The number of carbonyl (C=O) groups is 2. The van der Waals surface area contributed by atoms with Gasteiger partial charge in [-0.25, -0.2) is 7.91 Å². The maximum atomic E-state index is 13.3. The Morgan fingerprint density at radius 2 is 1.79 bits per heavy atom. The Balaban J connectivity index is 1.10. The van der Waals surface area contributed by atoms with Crippen molar-refractivity contribution < 1.29 is 24.2 Å². The van der Waals surface area contributed by atoms with Gasteiger partial charge in [0.15, 0.2) is 0 Å². The van der Waals surface area contributed by atoms with Gasteiger partial charge in [-0.15, -0.1) is 0 Å². The second-order valence-electron chi connectivity index (χ2n) is 12.2. The zero-order valence-electron chi connectivity index (χ0n) is 24.1. The number of rotatable bonds is 9. The molecule has 3 fully saturated rings. The van der Waals surface area contributed by atoms with Crippen LogP contribution < -0.4 is 10.6 Å². The van der Waals surface area contributed by atoms with Crippen molar-refractivity contribution in [2.24, 2.45) is 5.41 Å². The van der Waals surface area contributed by atoms with Crippen molar-refractivity contribution in [3.05, 3.63) is 82.3 Å². The van der Waals surface area contributed by atoms with Crippen LogP contribution in [0.15, 0.2) is 71.2 Å². The molecule has 3 aromatic rings. The molecule has 3 aromatic carbocycles. The molecule has 8 nitrogen and oxygen atoms in total. The molecule has 2 bridgehead atoms. The molecule has 43 heavy (non-hydrogen) atoms. The lowest BCUT2D eigenvalue weighted by Gasteiger charge is -2.46. The summed E-state index contributed by atoms with van der Waals surface area (Å²) in [5.41, 5.74) is 5.07. The molecule has 10 heteroatoms. The highest BCUT2D eigenvalue weighted by atomic mass is 127. The first-order valence-electron chi connectivity index (χ1n) is 14.6. The van der Waals surface area contributed by atoms with Crippen molar-refractivity contribution in [2.75, 3.05) is 10.6 Å². The number of morpholine rings is 1. The highest BCUT2D eigenvalue weighted by Gasteiger charge is 2.70. The fourth-order valence-electron chi connectivity index (χ4n) is 6.56. The summed E-state index contributed by atoms with van der Waals surface area (Å²) < 4.78 is 15.1. The lowest BCUT2D eigenvalue weighted by atomic mass is 9.77. The molecule has 0 saturated carbocycles. The van der Waals surface area contributed by atoms with Crippen molar-refractivity contribution in [2.45, 2.75) is 76.5 Å². The Morgan fingerprint density at radius 1 is 1.05 bits per heavy atom. The van der Waals surface area contributed by atoms with E-state index in [1.54, 1.807) is 18.2 Å². The number of fused-ring (bicyclic) bond motifs is 5. The molecule has 0 spiro atoms. The number of benzene rings is 3. The average molecular weight is 760 g/mol. The zero-order chi connectivity index (χ0) is 30.3. The predicted octanol–water partition coefficient (Wildman–Crippen LogP) is 7.09. The van der Waals surface area contributed by atoms with Crippen LogP contribution in [0.2, 0.25) is 0 Å². The van der Waals surface area contributed by atoms with Gasteiger partial charge in [-0.2, -0.15) is 0 Å². The largest absolute Gasteiger partial charge is 0.444 e. The maximum Gasteiger partial charge on any atom is 0.411 e. The number of carbonyl (C=O) groups excluding carboxylic acids is 2. The lowest BCUT2D eigenvalue weighted by molar-refractivity contribution is -0.116. The second-order valence-corrected chi connectivity index (χ2v) is 14.2. The smallest absolute Gasteiger partial charge is 0.411 e. The Kier molecular flexibility index (Phi) is 8.85. The molecule has 3 heterocycles. The van der Waals surface area contributed by atoms with E-state index in [0.717, 1.165) is 33.1 Å². The minimum atomic E-state index is -0.465. The number of amides is 2. The van der Waals surface area contributed by atoms with Crippen LogP contribution >= 0.6 is 38.8 Å². The second kappa shape index (κ2) is 12.5. The molecule has 0 aliphatic carbocycles. The summed E-state index contributed by atoms with van der Waals surface area (Å²) in [4.78, 5) is 25.9. The fraction of sp³-hybridized carbons (Fsp3) is 0.394. The topological polar surface area (TPSA) is 103 Å². The fourth-order valence-corrected chi connectivity index (χ4v) is 8.84. The molecule has 2 amide bonds. The quantitative estimate of drug-likeness (QED) is 0.122. The van der Waals surface area contributed by atoms with Gasteiger partial charge in [-0.1, -0.05) is 56.3 Å². The van der Waals surface area contributed by atoms with Gasteiger partial charge in [-0.3, -0.25) is 10.1 Å². The third kappa shape index (κ3) is 6.49. The summed E-state index contributed by atoms with van der Waals surface area (Å²) in [6.07, 6.45) is 2.18. The predicted molar refractivity (Wildman–Crippen MR) is 178 cm³/mol. The van der Waals surface area contributed by atoms with Crippen LogP contribution in [0.25, 0.3) is 11.1 Å². The summed E-state index contributed by atoms with van der Waals surface area (Å²) in [5.74, 6) is -0.0748. The highest BCUT2D eigenvalue weighted by Crippen LogP contribution is 2.57. The minimum absolute atomic E-state index is 0.0205. The van der Waals surface area contributed by atoms with Gasteiger partial charge in [0.25, 0.3) is 0 Å². The first-order valence-corrected chi connectivity index (χ1v) is 16.3. The molecule has 3 N–H and O–H groups in total. The van der Waals surface area contributed by atoms with Crippen molar-refractivity contribution in [1.29, 1.82) is 0 Å². The lowest BCUT2D eigenvalue weighted by Crippen LogP contribution is -2.56. The van der Waals surface area contributed by atoms with Gasteiger partial charge in [0.2, 0.25) is 5.91 Å². The summed E-state index contributed by atoms with van der Waals surface area (Å²) >= 11 is 5.83. The van der Waals surface area contributed by atoms with E-state index in [4.69, 9.17) is 9.47 Å². The summed E-state index contributed by atoms with van der Waals surface area (Å²) in [5, 5.41) is 15.2. The first-order chi connectivity index (χ1) is 20.6. The first kappa shape index (κ1) is 30.5. The van der Waals surface area contributed by atoms with E-state index in [9.17, 15) is 14.7 Å². The van der Waals surface area contributed by atoms with E-state index in [1.165, 1.54) is 0 Å². The molecule has 3 saturated heterocycles. The molecular weight excluding hydrogens is 725 g/mol. The number of halogens is 2. The number of ether oxygens (including phenoxy) is 2. The molecule has 226 valence electrons. The SMILES string of the molecule is CC1(C)CC(OC(=O)Nc2ccc(CCCC(=O)Nc3ccc(CO)cc3Br)cc2-c2ccccc2)C2C3OC3C1N2I. The number of anilines is 2. The Labute approximate surface area is 274 Å². The monoisotopic (exact) mass is 759 g/mol. The van der Waals surface area contributed by atoms with Crippen LogP contribution in [0.4, 0.5) is 16.2 Å². The molecule has 3 aliphatic rings. The zero-order valence-corrected chi connectivity index (χ0v) is 27.8. The maximum absolute atomic E-state index is 13.3. The standard InChI is InChI=1S/C33H35BrIN3O5/c1-33(2)17-26(28-29-30(43-29)31(33)38(28)35)42-32(41)37-24-13-11-19(15-22(24)21-8-4-3-5-9-21)7-6-10-27(40)36-25-14-12-20(18-39)16-23(25)34/h3-5,8-9,11-16,26,28-31,39H,6-7,10,17-18H2,1-2H3,(H,36,40)(H,37,41). The van der Waals surface area contributed by atoms with Crippen LogP contribution in [0, 0.1) is 5.41 Å². The molecule has 0 aromatic heterocycles. The van der Waals surface area contributed by atoms with E-state index in [-0.39, 0.29) is 42.3 Å². The van der Waals surface area contributed by atoms with Gasteiger partial charge < -0.3 is 19.9 Å². The summed E-state index contributed by atoms with van der Waals surface area (Å²) in [7, 11) is 0. The van der Waals surface area contributed by atoms with Crippen molar-refractivity contribution >= 4 is 62.2 Å². The number of nitrogens with one attached hydrogen (secondary N) is 2.